The highest BCUT2D eigenvalue weighted by Crippen LogP contribution is 2.05. The summed E-state index contributed by atoms with van der Waals surface area (Å²) in [6, 6.07) is 0.757. The first kappa shape index (κ1) is 9.36. The average molecular weight is 174 g/mol. The predicted octanol–water partition coefficient (Wildman–Crippen LogP) is 0.643. The third-order valence-electron chi connectivity index (χ3n) is 2.18. The molecule has 1 unspecified atom stereocenters. The van der Waals surface area contributed by atoms with Gasteiger partial charge in [0.1, 0.15) is 0 Å². The van der Waals surface area contributed by atoms with Gasteiger partial charge in [-0.2, -0.15) is 11.8 Å². The Morgan fingerprint density at radius 2 is 2.09 bits per heavy atom. The van der Waals surface area contributed by atoms with E-state index >= 15 is 0 Å². The summed E-state index contributed by atoms with van der Waals surface area (Å²) in [6.07, 6.45) is 2.18. The van der Waals surface area contributed by atoms with Crippen LogP contribution in [0.15, 0.2) is 0 Å². The first-order valence-electron chi connectivity index (χ1n) is 4.28. The second kappa shape index (κ2) is 5.01. The number of thioether (sulfide) groups is 1. The van der Waals surface area contributed by atoms with Gasteiger partial charge in [-0.25, -0.2) is 0 Å². The molecule has 0 aliphatic carbocycles. The van der Waals surface area contributed by atoms with E-state index < -0.39 is 0 Å². The average Bonchev–Trinajstić information content (AvgIpc) is 2.07. The van der Waals surface area contributed by atoms with Gasteiger partial charge in [0.2, 0.25) is 0 Å². The Morgan fingerprint density at radius 3 is 2.64 bits per heavy atom. The van der Waals surface area contributed by atoms with E-state index in [0.29, 0.717) is 0 Å². The second-order valence-corrected chi connectivity index (χ2v) is 4.00. The lowest BCUT2D eigenvalue weighted by molar-refractivity contribution is 0.198. The predicted molar refractivity (Wildman–Crippen MR) is 52.3 cm³/mol. The molecular formula is C8H18N2S. The number of hydrogen-bond donors (Lipinski definition) is 1. The highest BCUT2D eigenvalue weighted by atomic mass is 32.2. The summed E-state index contributed by atoms with van der Waals surface area (Å²) >= 11 is 1.94. The van der Waals surface area contributed by atoms with Crippen molar-refractivity contribution in [2.24, 2.45) is 0 Å². The Kier molecular flexibility index (Phi) is 4.26. The molecule has 0 aromatic heterocycles. The van der Waals surface area contributed by atoms with Crippen LogP contribution in [0.1, 0.15) is 6.92 Å². The van der Waals surface area contributed by atoms with Gasteiger partial charge in [0, 0.05) is 38.0 Å². The van der Waals surface area contributed by atoms with Crippen LogP contribution in [0.5, 0.6) is 0 Å². The molecule has 0 radical (unpaired) electrons. The Balaban J connectivity index is 2.21. The topological polar surface area (TPSA) is 15.3 Å². The molecule has 1 aliphatic rings. The molecule has 0 saturated carbocycles. The Labute approximate surface area is 73.7 Å². The molecule has 1 heterocycles. The van der Waals surface area contributed by atoms with E-state index in [9.17, 15) is 0 Å². The van der Waals surface area contributed by atoms with Crippen molar-refractivity contribution in [3.05, 3.63) is 0 Å². The van der Waals surface area contributed by atoms with E-state index in [1.165, 1.54) is 31.9 Å². The molecule has 1 atom stereocenters. The van der Waals surface area contributed by atoms with Gasteiger partial charge in [-0.15, -0.1) is 0 Å². The van der Waals surface area contributed by atoms with E-state index in [2.05, 4.69) is 23.4 Å². The van der Waals surface area contributed by atoms with Gasteiger partial charge < -0.3 is 5.32 Å². The fraction of sp³-hybridized carbons (Fsp3) is 1.00. The van der Waals surface area contributed by atoms with Gasteiger partial charge in [-0.05, 0) is 13.2 Å². The molecule has 1 aliphatic heterocycles. The van der Waals surface area contributed by atoms with Crippen LogP contribution in [-0.4, -0.2) is 49.1 Å². The Morgan fingerprint density at radius 1 is 1.45 bits per heavy atom. The summed E-state index contributed by atoms with van der Waals surface area (Å²) in [5, 5.41) is 3.36. The lowest BCUT2D eigenvalue weighted by Gasteiger charge is -2.32. The number of hydrogen-bond acceptors (Lipinski definition) is 3. The number of rotatable bonds is 3. The Bertz CT molecular complexity index is 102. The van der Waals surface area contributed by atoms with Gasteiger partial charge in [0.05, 0.1) is 0 Å². The minimum Gasteiger partial charge on any atom is -0.314 e. The molecule has 2 nitrogen and oxygen atoms in total. The third kappa shape index (κ3) is 3.01. The maximum absolute atomic E-state index is 3.36. The van der Waals surface area contributed by atoms with E-state index in [4.69, 9.17) is 0 Å². The molecule has 0 spiro atoms. The first-order valence-corrected chi connectivity index (χ1v) is 5.67. The largest absolute Gasteiger partial charge is 0.314 e. The summed E-state index contributed by atoms with van der Waals surface area (Å²) in [6.45, 7) is 7.10. The molecule has 0 aromatic rings. The van der Waals surface area contributed by atoms with Gasteiger partial charge in [0.25, 0.3) is 0 Å². The summed E-state index contributed by atoms with van der Waals surface area (Å²) in [7, 11) is 0. The van der Waals surface area contributed by atoms with Crippen molar-refractivity contribution in [2.45, 2.75) is 13.0 Å². The lowest BCUT2D eigenvalue weighted by atomic mass is 10.3. The van der Waals surface area contributed by atoms with Crippen LogP contribution in [0.4, 0.5) is 0 Å². The zero-order chi connectivity index (χ0) is 8.10. The van der Waals surface area contributed by atoms with Crippen LogP contribution < -0.4 is 5.32 Å². The Hall–Kier alpha value is 0.270. The zero-order valence-electron chi connectivity index (χ0n) is 7.47. The molecule has 1 fully saturated rings. The summed E-state index contributed by atoms with van der Waals surface area (Å²) in [5.74, 6) is 1.26. The highest BCUT2D eigenvalue weighted by Gasteiger charge is 2.14. The SMILES string of the molecule is CSCC(C)N1CCNCC1. The quantitative estimate of drug-likeness (QED) is 0.676. The van der Waals surface area contributed by atoms with Crippen molar-refractivity contribution in [1.29, 1.82) is 0 Å². The molecule has 0 amide bonds. The standard InChI is InChI=1S/C8H18N2S/c1-8(7-11-2)10-5-3-9-4-6-10/h8-9H,3-7H2,1-2H3. The highest BCUT2D eigenvalue weighted by molar-refractivity contribution is 7.98. The molecule has 11 heavy (non-hydrogen) atoms. The van der Waals surface area contributed by atoms with Gasteiger partial charge in [-0.1, -0.05) is 0 Å². The van der Waals surface area contributed by atoms with Crippen molar-refractivity contribution in [3.8, 4) is 0 Å². The van der Waals surface area contributed by atoms with Crippen LogP contribution in [0.3, 0.4) is 0 Å². The van der Waals surface area contributed by atoms with Gasteiger partial charge in [-0.3, -0.25) is 4.90 Å². The third-order valence-corrected chi connectivity index (χ3v) is 3.00. The lowest BCUT2D eigenvalue weighted by Crippen LogP contribution is -2.48. The van der Waals surface area contributed by atoms with Gasteiger partial charge in [0.15, 0.2) is 0 Å². The van der Waals surface area contributed by atoms with Gasteiger partial charge >= 0.3 is 0 Å². The number of nitrogens with zero attached hydrogens (tertiary/aromatic N) is 1. The first-order chi connectivity index (χ1) is 5.34. The van der Waals surface area contributed by atoms with E-state index in [1.807, 2.05) is 11.8 Å². The minimum absolute atomic E-state index is 0.757. The maximum Gasteiger partial charge on any atom is 0.0159 e. The summed E-state index contributed by atoms with van der Waals surface area (Å²) in [4.78, 5) is 2.56. The van der Waals surface area contributed by atoms with Crippen LogP contribution in [-0.2, 0) is 0 Å². The zero-order valence-corrected chi connectivity index (χ0v) is 8.28. The fourth-order valence-corrected chi connectivity index (χ4v) is 2.16. The monoisotopic (exact) mass is 174 g/mol. The van der Waals surface area contributed by atoms with Crippen molar-refractivity contribution in [1.82, 2.24) is 10.2 Å². The second-order valence-electron chi connectivity index (χ2n) is 3.09. The minimum atomic E-state index is 0.757. The van der Waals surface area contributed by atoms with E-state index in [-0.39, 0.29) is 0 Å². The van der Waals surface area contributed by atoms with Crippen LogP contribution >= 0.6 is 11.8 Å². The van der Waals surface area contributed by atoms with E-state index in [1.54, 1.807) is 0 Å². The molecule has 3 heteroatoms. The normalized spacial score (nSPS) is 23.5. The van der Waals surface area contributed by atoms with E-state index in [0.717, 1.165) is 6.04 Å². The molecule has 66 valence electrons. The molecular weight excluding hydrogens is 156 g/mol. The number of piperazine rings is 1. The van der Waals surface area contributed by atoms with Crippen LogP contribution in [0.25, 0.3) is 0 Å². The molecule has 0 bridgehead atoms. The molecule has 1 N–H and O–H groups in total. The van der Waals surface area contributed by atoms with Crippen molar-refractivity contribution in [2.75, 3.05) is 38.2 Å². The van der Waals surface area contributed by atoms with Crippen LogP contribution in [0, 0.1) is 0 Å². The molecule has 0 aromatic carbocycles. The molecule has 1 rings (SSSR count). The smallest absolute Gasteiger partial charge is 0.0159 e. The van der Waals surface area contributed by atoms with Crippen molar-refractivity contribution < 1.29 is 0 Å². The maximum atomic E-state index is 3.36. The summed E-state index contributed by atoms with van der Waals surface area (Å²) < 4.78 is 0. The van der Waals surface area contributed by atoms with Crippen LogP contribution in [0.2, 0.25) is 0 Å². The van der Waals surface area contributed by atoms with Crippen molar-refractivity contribution in [3.63, 3.8) is 0 Å². The molecule has 1 saturated heterocycles. The summed E-state index contributed by atoms with van der Waals surface area (Å²) in [5.41, 5.74) is 0. The fourth-order valence-electron chi connectivity index (χ4n) is 1.47. The van der Waals surface area contributed by atoms with Crippen molar-refractivity contribution >= 4 is 11.8 Å². The number of nitrogens with one attached hydrogen (secondary N) is 1.